The smallest absolute Gasteiger partial charge is 0.338 e. The Labute approximate surface area is 133 Å². The van der Waals surface area contributed by atoms with Crippen molar-refractivity contribution in [1.29, 1.82) is 0 Å². The number of esters is 1. The largest absolute Gasteiger partial charge is 0.462 e. The topological polar surface area (TPSA) is 81.2 Å². The molecule has 0 saturated heterocycles. The van der Waals surface area contributed by atoms with Gasteiger partial charge in [0.2, 0.25) is 0 Å². The zero-order chi connectivity index (χ0) is 16.2. The summed E-state index contributed by atoms with van der Waals surface area (Å²) < 4.78 is 4.91. The van der Waals surface area contributed by atoms with Crippen LogP contribution in [0.1, 0.15) is 52.2 Å². The Morgan fingerprint density at radius 3 is 2.43 bits per heavy atom. The van der Waals surface area contributed by atoms with Gasteiger partial charge in [0.25, 0.3) is 5.91 Å². The summed E-state index contributed by atoms with van der Waals surface area (Å²) in [5.41, 5.74) is 2.23. The van der Waals surface area contributed by atoms with Gasteiger partial charge in [0.05, 0.1) is 17.9 Å². The molecule has 6 nitrogen and oxygen atoms in total. The minimum atomic E-state index is -0.382. The molecule has 0 bridgehead atoms. The summed E-state index contributed by atoms with van der Waals surface area (Å²) in [4.78, 5) is 23.7. The van der Waals surface area contributed by atoms with Gasteiger partial charge < -0.3 is 10.1 Å². The summed E-state index contributed by atoms with van der Waals surface area (Å²) in [6, 6.07) is 10.0. The van der Waals surface area contributed by atoms with E-state index < -0.39 is 0 Å². The van der Waals surface area contributed by atoms with Crippen LogP contribution in [0.4, 0.5) is 5.69 Å². The van der Waals surface area contributed by atoms with E-state index >= 15 is 0 Å². The van der Waals surface area contributed by atoms with Gasteiger partial charge in [-0.05, 0) is 56.2 Å². The van der Waals surface area contributed by atoms with E-state index in [9.17, 15) is 9.59 Å². The average Bonchev–Trinajstić information content (AvgIpc) is 3.41. The molecule has 1 aliphatic rings. The highest BCUT2D eigenvalue weighted by Gasteiger charge is 2.25. The van der Waals surface area contributed by atoms with E-state index in [-0.39, 0.29) is 17.6 Å². The van der Waals surface area contributed by atoms with Crippen LogP contribution in [0.15, 0.2) is 36.4 Å². The Morgan fingerprint density at radius 1 is 1.13 bits per heavy atom. The summed E-state index contributed by atoms with van der Waals surface area (Å²) in [6.45, 7) is 2.08. The maximum Gasteiger partial charge on any atom is 0.338 e. The number of nitrogens with one attached hydrogen (secondary N) is 1. The number of nitrogens with zero attached hydrogens (tertiary/aromatic N) is 2. The summed E-state index contributed by atoms with van der Waals surface area (Å²) in [7, 11) is 0. The minimum Gasteiger partial charge on any atom is -0.462 e. The van der Waals surface area contributed by atoms with E-state index in [1.54, 1.807) is 37.3 Å². The van der Waals surface area contributed by atoms with Crippen LogP contribution in [0.25, 0.3) is 0 Å². The standard InChI is InChI=1S/C17H17N3O3/c1-2-23-17(22)12-5-7-13(8-6-12)18-16(21)15-10-9-14(19-20-15)11-3-4-11/h5-11H,2-4H2,1H3,(H,18,21). The van der Waals surface area contributed by atoms with Crippen LogP contribution in [-0.2, 0) is 4.74 Å². The second-order valence-corrected chi connectivity index (χ2v) is 5.37. The van der Waals surface area contributed by atoms with Crippen molar-refractivity contribution >= 4 is 17.6 Å². The first-order valence-electron chi connectivity index (χ1n) is 7.59. The van der Waals surface area contributed by atoms with Gasteiger partial charge in [0.1, 0.15) is 0 Å². The SMILES string of the molecule is CCOC(=O)c1ccc(NC(=O)c2ccc(C3CC3)nn2)cc1. The number of benzene rings is 1. The molecule has 0 unspecified atom stereocenters. The number of amides is 1. The third-order valence-electron chi connectivity index (χ3n) is 3.57. The molecule has 2 aromatic rings. The molecule has 1 aromatic carbocycles. The number of hydrogen-bond acceptors (Lipinski definition) is 5. The van der Waals surface area contributed by atoms with Gasteiger partial charge in [0.15, 0.2) is 5.69 Å². The lowest BCUT2D eigenvalue weighted by molar-refractivity contribution is 0.0526. The molecule has 0 spiro atoms. The molecule has 118 valence electrons. The molecular weight excluding hydrogens is 294 g/mol. The van der Waals surface area contributed by atoms with E-state index in [0.717, 1.165) is 18.5 Å². The third-order valence-corrected chi connectivity index (χ3v) is 3.57. The van der Waals surface area contributed by atoms with Crippen LogP contribution < -0.4 is 5.32 Å². The Morgan fingerprint density at radius 2 is 1.87 bits per heavy atom. The average molecular weight is 311 g/mol. The maximum atomic E-state index is 12.1. The molecule has 1 N–H and O–H groups in total. The second-order valence-electron chi connectivity index (χ2n) is 5.37. The maximum absolute atomic E-state index is 12.1. The van der Waals surface area contributed by atoms with Crippen molar-refractivity contribution in [3.63, 3.8) is 0 Å². The zero-order valence-corrected chi connectivity index (χ0v) is 12.8. The molecule has 3 rings (SSSR count). The monoisotopic (exact) mass is 311 g/mol. The highest BCUT2D eigenvalue weighted by Crippen LogP contribution is 2.38. The molecule has 1 aliphatic carbocycles. The molecule has 1 aromatic heterocycles. The molecule has 0 atom stereocenters. The van der Waals surface area contributed by atoms with Crippen molar-refractivity contribution in [2.24, 2.45) is 0 Å². The van der Waals surface area contributed by atoms with Crippen LogP contribution in [0.2, 0.25) is 0 Å². The number of carbonyl (C=O) groups excluding carboxylic acids is 2. The van der Waals surface area contributed by atoms with Crippen LogP contribution in [0.5, 0.6) is 0 Å². The van der Waals surface area contributed by atoms with Crippen molar-refractivity contribution < 1.29 is 14.3 Å². The van der Waals surface area contributed by atoms with Gasteiger partial charge >= 0.3 is 5.97 Å². The number of hydrogen-bond donors (Lipinski definition) is 1. The summed E-state index contributed by atoms with van der Waals surface area (Å²) >= 11 is 0. The zero-order valence-electron chi connectivity index (χ0n) is 12.8. The van der Waals surface area contributed by atoms with Crippen LogP contribution in [0, 0.1) is 0 Å². The number of ether oxygens (including phenoxy) is 1. The van der Waals surface area contributed by atoms with Gasteiger partial charge in [-0.15, -0.1) is 5.10 Å². The molecule has 1 amide bonds. The van der Waals surface area contributed by atoms with Gasteiger partial charge in [-0.2, -0.15) is 5.10 Å². The van der Waals surface area contributed by atoms with Crippen LogP contribution in [0.3, 0.4) is 0 Å². The van der Waals surface area contributed by atoms with Gasteiger partial charge in [-0.1, -0.05) is 0 Å². The number of carbonyl (C=O) groups is 2. The Hall–Kier alpha value is -2.76. The van der Waals surface area contributed by atoms with E-state index in [2.05, 4.69) is 15.5 Å². The minimum absolute atomic E-state index is 0.267. The van der Waals surface area contributed by atoms with E-state index in [1.807, 2.05) is 6.07 Å². The fourth-order valence-corrected chi connectivity index (χ4v) is 2.16. The highest BCUT2D eigenvalue weighted by atomic mass is 16.5. The highest BCUT2D eigenvalue weighted by molar-refractivity contribution is 6.03. The molecule has 1 fully saturated rings. The fourth-order valence-electron chi connectivity index (χ4n) is 2.16. The van der Waals surface area contributed by atoms with Crippen LogP contribution >= 0.6 is 0 Å². The van der Waals surface area contributed by atoms with Crippen molar-refractivity contribution in [3.05, 3.63) is 53.3 Å². The van der Waals surface area contributed by atoms with E-state index in [1.165, 1.54) is 0 Å². The Bertz CT molecular complexity index is 707. The molecule has 1 saturated carbocycles. The van der Waals surface area contributed by atoms with Crippen molar-refractivity contribution in [1.82, 2.24) is 10.2 Å². The summed E-state index contributed by atoms with van der Waals surface area (Å²) in [5, 5.41) is 10.8. The van der Waals surface area contributed by atoms with Crippen molar-refractivity contribution in [2.45, 2.75) is 25.7 Å². The number of aromatic nitrogens is 2. The summed E-state index contributed by atoms with van der Waals surface area (Å²) in [6.07, 6.45) is 2.29. The first-order valence-corrected chi connectivity index (χ1v) is 7.59. The molecule has 23 heavy (non-hydrogen) atoms. The van der Waals surface area contributed by atoms with Crippen LogP contribution in [-0.4, -0.2) is 28.7 Å². The fraction of sp³-hybridized carbons (Fsp3) is 0.294. The quantitative estimate of drug-likeness (QED) is 0.859. The van der Waals surface area contributed by atoms with Crippen molar-refractivity contribution in [3.8, 4) is 0 Å². The third kappa shape index (κ3) is 3.71. The Balaban J connectivity index is 1.63. The normalized spacial score (nSPS) is 13.4. The van der Waals surface area contributed by atoms with Gasteiger partial charge in [-0.3, -0.25) is 4.79 Å². The Kier molecular flexibility index (Phi) is 4.32. The first-order chi connectivity index (χ1) is 11.2. The molecule has 0 aliphatic heterocycles. The first kappa shape index (κ1) is 15.1. The lowest BCUT2D eigenvalue weighted by Gasteiger charge is -2.06. The number of anilines is 1. The number of rotatable bonds is 5. The summed E-state index contributed by atoms with van der Waals surface area (Å²) in [5.74, 6) is -0.203. The predicted molar refractivity (Wildman–Crippen MR) is 84.4 cm³/mol. The molecule has 1 heterocycles. The van der Waals surface area contributed by atoms with Gasteiger partial charge in [0, 0.05) is 11.6 Å². The van der Waals surface area contributed by atoms with Crippen molar-refractivity contribution in [2.75, 3.05) is 11.9 Å². The lowest BCUT2D eigenvalue weighted by Crippen LogP contribution is -2.15. The van der Waals surface area contributed by atoms with E-state index in [0.29, 0.717) is 23.8 Å². The molecule has 0 radical (unpaired) electrons. The predicted octanol–water partition coefficient (Wildman–Crippen LogP) is 2.78. The van der Waals surface area contributed by atoms with Gasteiger partial charge in [-0.25, -0.2) is 4.79 Å². The molecular formula is C17H17N3O3. The lowest BCUT2D eigenvalue weighted by atomic mass is 10.2. The van der Waals surface area contributed by atoms with E-state index in [4.69, 9.17) is 4.74 Å². The second kappa shape index (κ2) is 6.56. The molecule has 6 heteroatoms.